The van der Waals surface area contributed by atoms with E-state index in [0.29, 0.717) is 29.2 Å². The minimum Gasteiger partial charge on any atom is -0.394 e. The molecule has 7 atom stereocenters. The van der Waals surface area contributed by atoms with Crippen LogP contribution in [0.1, 0.15) is 17.5 Å². The highest BCUT2D eigenvalue weighted by Gasteiger charge is 2.77. The number of para-hydroxylation sites is 2. The van der Waals surface area contributed by atoms with E-state index in [9.17, 15) is 14.7 Å². The highest BCUT2D eigenvalue weighted by Crippen LogP contribution is 2.61. The van der Waals surface area contributed by atoms with Gasteiger partial charge in [0.2, 0.25) is 11.8 Å². The van der Waals surface area contributed by atoms with Gasteiger partial charge in [0.15, 0.2) is 0 Å². The number of anilines is 2. The number of carbonyl (C=O) groups excluding carboxylic acids is 3. The molecule has 0 radical (unpaired) electrons. The van der Waals surface area contributed by atoms with E-state index in [1.54, 1.807) is 28.0 Å². The standard InChI is InChI=1S/C38H39BrClN3O5/c1-4-19-41(26-16-10-7-11-17-26)35(45)30-31-36(46)43(27(23-44)21-25-14-8-6-9-15-25)34(38(31)22-28(39)33(30)48-38)37(47)42(20-5-2)32-24(3)13-12-18-29(32)40/h4-18,27-28,30-31,33-34,44H,1-2,19-23H2,3H3/t27-,28?,30+,31+,33+,34?,38?/m1/s1. The fourth-order valence-corrected chi connectivity index (χ4v) is 9.20. The number of nitrogens with zero attached hydrogens (tertiary/aromatic N) is 3. The molecule has 2 bridgehead atoms. The molecule has 3 unspecified atom stereocenters. The number of rotatable bonds is 12. The lowest BCUT2D eigenvalue weighted by Crippen LogP contribution is -2.59. The van der Waals surface area contributed by atoms with Crippen LogP contribution in [0, 0.1) is 18.8 Å². The monoisotopic (exact) mass is 731 g/mol. The lowest BCUT2D eigenvalue weighted by Gasteiger charge is -2.40. The summed E-state index contributed by atoms with van der Waals surface area (Å²) in [5.41, 5.74) is 1.51. The molecular weight excluding hydrogens is 694 g/mol. The van der Waals surface area contributed by atoms with E-state index in [0.717, 1.165) is 11.1 Å². The van der Waals surface area contributed by atoms with Crippen LogP contribution in [0.3, 0.4) is 0 Å². The summed E-state index contributed by atoms with van der Waals surface area (Å²) in [5.74, 6) is -2.92. The number of fused-ring (bicyclic) bond motifs is 1. The topological polar surface area (TPSA) is 90.4 Å². The Kier molecular flexibility index (Phi) is 9.95. The quantitative estimate of drug-likeness (QED) is 0.190. The van der Waals surface area contributed by atoms with E-state index in [-0.39, 0.29) is 29.7 Å². The molecule has 0 saturated carbocycles. The molecule has 0 aliphatic carbocycles. The molecule has 3 aliphatic heterocycles. The molecule has 6 rings (SSSR count). The van der Waals surface area contributed by atoms with Gasteiger partial charge in [-0.1, -0.05) is 100 Å². The molecule has 3 heterocycles. The van der Waals surface area contributed by atoms with Crippen LogP contribution in [0.25, 0.3) is 0 Å². The number of aliphatic hydroxyl groups is 1. The van der Waals surface area contributed by atoms with E-state index in [2.05, 4.69) is 29.1 Å². The Bertz CT molecular complexity index is 1690. The Balaban J connectivity index is 1.49. The lowest BCUT2D eigenvalue weighted by molar-refractivity contribution is -0.144. The van der Waals surface area contributed by atoms with Crippen molar-refractivity contribution in [2.24, 2.45) is 11.8 Å². The second-order valence-corrected chi connectivity index (χ2v) is 14.2. The van der Waals surface area contributed by atoms with Gasteiger partial charge in [0.05, 0.1) is 41.3 Å². The normalized spacial score (nSPS) is 26.2. The van der Waals surface area contributed by atoms with Crippen LogP contribution in [0.2, 0.25) is 5.02 Å². The Morgan fingerprint density at radius 3 is 2.29 bits per heavy atom. The van der Waals surface area contributed by atoms with Gasteiger partial charge in [-0.2, -0.15) is 0 Å². The number of likely N-dealkylation sites (tertiary alicyclic amines) is 1. The van der Waals surface area contributed by atoms with Crippen LogP contribution in [-0.4, -0.2) is 76.0 Å². The fourth-order valence-electron chi connectivity index (χ4n) is 7.93. The second-order valence-electron chi connectivity index (χ2n) is 12.7. The maximum Gasteiger partial charge on any atom is 0.253 e. The number of aryl methyl sites for hydroxylation is 1. The van der Waals surface area contributed by atoms with Gasteiger partial charge in [0.25, 0.3) is 5.91 Å². The van der Waals surface area contributed by atoms with Crippen LogP contribution in [0.4, 0.5) is 11.4 Å². The predicted molar refractivity (Wildman–Crippen MR) is 191 cm³/mol. The van der Waals surface area contributed by atoms with Crippen LogP contribution in [0.15, 0.2) is 104 Å². The number of halogens is 2. The minimum absolute atomic E-state index is 0.121. The third-order valence-electron chi connectivity index (χ3n) is 9.85. The number of benzene rings is 3. The molecular formula is C38H39BrClN3O5. The smallest absolute Gasteiger partial charge is 0.253 e. The summed E-state index contributed by atoms with van der Waals surface area (Å²) in [5, 5.41) is 11.3. The van der Waals surface area contributed by atoms with Gasteiger partial charge in [0.1, 0.15) is 11.6 Å². The number of hydrogen-bond donors (Lipinski definition) is 1. The summed E-state index contributed by atoms with van der Waals surface area (Å²) < 4.78 is 6.83. The van der Waals surface area contributed by atoms with Crippen molar-refractivity contribution >= 4 is 56.6 Å². The molecule has 10 heteroatoms. The zero-order valence-electron chi connectivity index (χ0n) is 26.8. The van der Waals surface area contributed by atoms with Crippen molar-refractivity contribution in [1.29, 1.82) is 0 Å². The molecule has 3 aromatic rings. The molecule has 1 spiro atoms. The first kappa shape index (κ1) is 34.1. The molecule has 3 fully saturated rings. The van der Waals surface area contributed by atoms with Crippen molar-refractivity contribution in [2.75, 3.05) is 29.5 Å². The van der Waals surface area contributed by atoms with Gasteiger partial charge in [-0.15, -0.1) is 13.2 Å². The Labute approximate surface area is 294 Å². The summed E-state index contributed by atoms with van der Waals surface area (Å²) >= 11 is 10.5. The highest BCUT2D eigenvalue weighted by atomic mass is 79.9. The number of amides is 3. The molecule has 3 amide bonds. The number of alkyl halides is 1. The third-order valence-corrected chi connectivity index (χ3v) is 11.0. The van der Waals surface area contributed by atoms with Gasteiger partial charge in [-0.3, -0.25) is 14.4 Å². The lowest BCUT2D eigenvalue weighted by atomic mass is 9.70. The van der Waals surface area contributed by atoms with Crippen LogP contribution >= 0.6 is 27.5 Å². The van der Waals surface area contributed by atoms with Gasteiger partial charge < -0.3 is 24.5 Å². The van der Waals surface area contributed by atoms with Crippen molar-refractivity contribution in [1.82, 2.24) is 4.90 Å². The summed E-state index contributed by atoms with van der Waals surface area (Å²) in [6.07, 6.45) is 3.23. The number of ether oxygens (including phenoxy) is 1. The first-order valence-electron chi connectivity index (χ1n) is 16.1. The Hall–Kier alpha value is -3.76. The molecule has 8 nitrogen and oxygen atoms in total. The van der Waals surface area contributed by atoms with Crippen LogP contribution in [0.5, 0.6) is 0 Å². The van der Waals surface area contributed by atoms with Crippen molar-refractivity contribution < 1.29 is 24.2 Å². The minimum atomic E-state index is -1.34. The van der Waals surface area contributed by atoms with E-state index in [4.69, 9.17) is 16.3 Å². The molecule has 3 saturated heterocycles. The largest absolute Gasteiger partial charge is 0.394 e. The second kappa shape index (κ2) is 14.0. The highest BCUT2D eigenvalue weighted by molar-refractivity contribution is 9.09. The molecule has 250 valence electrons. The average molecular weight is 733 g/mol. The van der Waals surface area contributed by atoms with Gasteiger partial charge in [-0.05, 0) is 49.1 Å². The van der Waals surface area contributed by atoms with E-state index in [1.165, 1.54) is 4.90 Å². The van der Waals surface area contributed by atoms with E-state index in [1.807, 2.05) is 79.7 Å². The van der Waals surface area contributed by atoms with Gasteiger partial charge in [0, 0.05) is 23.6 Å². The van der Waals surface area contributed by atoms with E-state index >= 15 is 4.79 Å². The van der Waals surface area contributed by atoms with Crippen LogP contribution in [-0.2, 0) is 25.5 Å². The zero-order valence-corrected chi connectivity index (χ0v) is 29.1. The summed E-state index contributed by atoms with van der Waals surface area (Å²) in [4.78, 5) is 49.2. The maximum absolute atomic E-state index is 15.2. The summed E-state index contributed by atoms with van der Waals surface area (Å²) in [7, 11) is 0. The molecule has 3 aliphatic rings. The SMILES string of the molecule is C=CCN(C(=O)[C@H]1[C@H]2C(=O)N([C@@H](CO)Cc3ccccc3)C(C(=O)N(CC=C)c3c(C)cccc3Cl)C23CC(Br)[C@@H]1O3)c1ccccc1. The van der Waals surface area contributed by atoms with Gasteiger partial charge >= 0.3 is 0 Å². The average Bonchev–Trinajstić information content (AvgIpc) is 3.69. The molecule has 48 heavy (non-hydrogen) atoms. The van der Waals surface area contributed by atoms with Crippen molar-refractivity contribution in [2.45, 2.75) is 48.4 Å². The third kappa shape index (κ3) is 5.70. The first-order valence-corrected chi connectivity index (χ1v) is 17.4. The van der Waals surface area contributed by atoms with Crippen molar-refractivity contribution in [3.63, 3.8) is 0 Å². The first-order chi connectivity index (χ1) is 23.2. The van der Waals surface area contributed by atoms with Gasteiger partial charge in [-0.25, -0.2) is 0 Å². The molecule has 1 N–H and O–H groups in total. The summed E-state index contributed by atoms with van der Waals surface area (Å²) in [6, 6.07) is 22.3. The number of carbonyl (C=O) groups is 3. The van der Waals surface area contributed by atoms with Crippen molar-refractivity contribution in [3.05, 3.63) is 120 Å². The van der Waals surface area contributed by atoms with E-state index < -0.39 is 48.1 Å². The zero-order chi connectivity index (χ0) is 34.2. The fraction of sp³-hybridized carbons (Fsp3) is 0.342. The predicted octanol–water partition coefficient (Wildman–Crippen LogP) is 5.74. The molecule has 3 aromatic carbocycles. The Morgan fingerprint density at radius 1 is 1.02 bits per heavy atom. The summed E-state index contributed by atoms with van der Waals surface area (Å²) in [6.45, 7) is 9.60. The van der Waals surface area contributed by atoms with Crippen LogP contribution < -0.4 is 9.80 Å². The molecule has 0 aromatic heterocycles. The Morgan fingerprint density at radius 2 is 1.67 bits per heavy atom. The number of aliphatic hydroxyl groups excluding tert-OH is 1. The van der Waals surface area contributed by atoms with Crippen molar-refractivity contribution in [3.8, 4) is 0 Å². The maximum atomic E-state index is 15.2. The number of hydrogen-bond acceptors (Lipinski definition) is 5.